The molecule has 156 valence electrons. The fourth-order valence-corrected chi connectivity index (χ4v) is 3.80. The molecule has 7 nitrogen and oxygen atoms in total. The van der Waals surface area contributed by atoms with Crippen LogP contribution in [0.3, 0.4) is 0 Å². The Morgan fingerprint density at radius 2 is 1.90 bits per heavy atom. The van der Waals surface area contributed by atoms with Gasteiger partial charge in [-0.15, -0.1) is 0 Å². The fourth-order valence-electron chi connectivity index (χ4n) is 3.44. The number of nitrogens with one attached hydrogen (secondary N) is 2. The maximum atomic E-state index is 14.5. The molecule has 1 aliphatic rings. The third-order valence-electron chi connectivity index (χ3n) is 4.97. The summed E-state index contributed by atoms with van der Waals surface area (Å²) in [7, 11) is 0. The van der Waals surface area contributed by atoms with Crippen molar-refractivity contribution in [1.82, 2.24) is 25.3 Å². The van der Waals surface area contributed by atoms with Crippen molar-refractivity contribution in [3.63, 3.8) is 0 Å². The highest BCUT2D eigenvalue weighted by Gasteiger charge is 2.17. The third-order valence-corrected chi connectivity index (χ3v) is 5.47. The van der Waals surface area contributed by atoms with E-state index in [2.05, 4.69) is 46.5 Å². The van der Waals surface area contributed by atoms with Crippen molar-refractivity contribution in [1.29, 1.82) is 0 Å². The Bertz CT molecular complexity index is 1230. The quantitative estimate of drug-likeness (QED) is 0.447. The van der Waals surface area contributed by atoms with Crippen LogP contribution in [0.25, 0.3) is 22.6 Å². The minimum atomic E-state index is -0.414. The van der Waals surface area contributed by atoms with Crippen molar-refractivity contribution < 1.29 is 9.13 Å². The first-order valence-electron chi connectivity index (χ1n) is 9.81. The number of nitrogens with zero attached hydrogens (tertiary/aromatic N) is 4. The van der Waals surface area contributed by atoms with Gasteiger partial charge in [0.15, 0.2) is 22.8 Å². The lowest BCUT2D eigenvalue weighted by molar-refractivity contribution is 0.0277. The summed E-state index contributed by atoms with van der Waals surface area (Å²) >= 11 is 3.37. The largest absolute Gasteiger partial charge is 0.371 e. The number of hydrogen-bond donors (Lipinski definition) is 2. The summed E-state index contributed by atoms with van der Waals surface area (Å²) in [5, 5.41) is 6.61. The van der Waals surface area contributed by atoms with Gasteiger partial charge in [-0.25, -0.2) is 24.3 Å². The summed E-state index contributed by atoms with van der Waals surface area (Å²) < 4.78 is 21.0. The minimum Gasteiger partial charge on any atom is -0.371 e. The van der Waals surface area contributed by atoms with Gasteiger partial charge in [-0.05, 0) is 35.9 Å². The standard InChI is InChI=1S/C22H18BrFN6O/c23-14-3-6-17(24)16(11-14)20-29-21-19(26-7-8-27-21)22(30-20)28-15-4-1-13(2-5-15)18-12-25-9-10-31-18/h1-8,11,18,25H,9-10,12H2,(H,27,28,29,30). The zero-order chi connectivity index (χ0) is 21.2. The van der Waals surface area contributed by atoms with Crippen LogP contribution in [0.4, 0.5) is 15.9 Å². The molecule has 2 N–H and O–H groups in total. The molecule has 1 unspecified atom stereocenters. The van der Waals surface area contributed by atoms with E-state index in [0.29, 0.717) is 23.6 Å². The van der Waals surface area contributed by atoms with E-state index in [1.54, 1.807) is 24.5 Å². The molecule has 9 heteroatoms. The van der Waals surface area contributed by atoms with E-state index in [1.165, 1.54) is 6.07 Å². The zero-order valence-corrected chi connectivity index (χ0v) is 17.9. The number of ether oxygens (including phenoxy) is 1. The number of hydrogen-bond acceptors (Lipinski definition) is 7. The average molecular weight is 481 g/mol. The number of morpholine rings is 1. The van der Waals surface area contributed by atoms with Crippen molar-refractivity contribution in [3.8, 4) is 11.4 Å². The van der Waals surface area contributed by atoms with Crippen LogP contribution in [0.15, 0.2) is 59.3 Å². The lowest BCUT2D eigenvalue weighted by atomic mass is 10.1. The van der Waals surface area contributed by atoms with Crippen molar-refractivity contribution in [2.75, 3.05) is 25.0 Å². The highest BCUT2D eigenvalue weighted by atomic mass is 79.9. The molecule has 1 aliphatic heterocycles. The molecule has 0 amide bonds. The van der Waals surface area contributed by atoms with E-state index in [9.17, 15) is 4.39 Å². The van der Waals surface area contributed by atoms with Gasteiger partial charge >= 0.3 is 0 Å². The van der Waals surface area contributed by atoms with Crippen molar-refractivity contribution >= 4 is 38.6 Å². The molecule has 0 spiro atoms. The molecular formula is C22H18BrFN6O. The molecule has 1 saturated heterocycles. The van der Waals surface area contributed by atoms with E-state index < -0.39 is 5.82 Å². The number of benzene rings is 2. The Kier molecular flexibility index (Phi) is 5.54. The maximum Gasteiger partial charge on any atom is 0.184 e. The van der Waals surface area contributed by atoms with Gasteiger partial charge in [-0.3, -0.25) is 0 Å². The highest BCUT2D eigenvalue weighted by molar-refractivity contribution is 9.10. The van der Waals surface area contributed by atoms with Crippen LogP contribution in [0.5, 0.6) is 0 Å². The van der Waals surface area contributed by atoms with Crippen LogP contribution in [0, 0.1) is 5.82 Å². The summed E-state index contributed by atoms with van der Waals surface area (Å²) in [4.78, 5) is 17.6. The van der Waals surface area contributed by atoms with E-state index >= 15 is 0 Å². The molecule has 4 aromatic rings. The van der Waals surface area contributed by atoms with Crippen LogP contribution in [0.2, 0.25) is 0 Å². The van der Waals surface area contributed by atoms with Crippen molar-refractivity contribution in [2.45, 2.75) is 6.10 Å². The molecule has 0 saturated carbocycles. The molecule has 0 radical (unpaired) electrons. The predicted octanol–water partition coefficient (Wildman–Crippen LogP) is 4.39. The summed E-state index contributed by atoms with van der Waals surface area (Å²) in [5.74, 6) is 0.270. The van der Waals surface area contributed by atoms with Gasteiger partial charge in [0.1, 0.15) is 5.82 Å². The van der Waals surface area contributed by atoms with Gasteiger partial charge in [0.05, 0.1) is 18.3 Å². The number of rotatable bonds is 4. The van der Waals surface area contributed by atoms with Crippen molar-refractivity contribution in [2.24, 2.45) is 0 Å². The molecule has 1 atom stereocenters. The van der Waals surface area contributed by atoms with Gasteiger partial charge in [0, 0.05) is 35.6 Å². The van der Waals surface area contributed by atoms with Gasteiger partial charge in [-0.2, -0.15) is 0 Å². The van der Waals surface area contributed by atoms with E-state index in [1.807, 2.05) is 24.3 Å². The number of halogens is 2. The first-order valence-corrected chi connectivity index (χ1v) is 10.6. The van der Waals surface area contributed by atoms with Gasteiger partial charge in [0.2, 0.25) is 0 Å². The van der Waals surface area contributed by atoms with E-state index in [4.69, 9.17) is 4.74 Å². The molecule has 3 heterocycles. The Labute approximate surface area is 186 Å². The van der Waals surface area contributed by atoms with E-state index in [-0.39, 0.29) is 17.5 Å². The summed E-state index contributed by atoms with van der Waals surface area (Å²) in [6.07, 6.45) is 3.17. The van der Waals surface area contributed by atoms with Gasteiger partial charge < -0.3 is 15.4 Å². The Balaban J connectivity index is 1.51. The molecule has 1 fully saturated rings. The summed E-state index contributed by atoms with van der Waals surface area (Å²) in [6.45, 7) is 2.37. The Morgan fingerprint density at radius 3 is 2.71 bits per heavy atom. The predicted molar refractivity (Wildman–Crippen MR) is 120 cm³/mol. The van der Waals surface area contributed by atoms with Crippen LogP contribution < -0.4 is 10.6 Å². The lowest BCUT2D eigenvalue weighted by Crippen LogP contribution is -2.33. The minimum absolute atomic E-state index is 0.0413. The molecule has 2 aromatic heterocycles. The molecule has 2 aromatic carbocycles. The number of aromatic nitrogens is 4. The summed E-state index contributed by atoms with van der Waals surface area (Å²) in [6, 6.07) is 12.6. The van der Waals surface area contributed by atoms with Crippen LogP contribution >= 0.6 is 15.9 Å². The Morgan fingerprint density at radius 1 is 1.06 bits per heavy atom. The second-order valence-electron chi connectivity index (χ2n) is 7.06. The van der Waals surface area contributed by atoms with Crippen LogP contribution in [-0.4, -0.2) is 39.6 Å². The first-order chi connectivity index (χ1) is 15.2. The smallest absolute Gasteiger partial charge is 0.184 e. The number of anilines is 2. The second-order valence-corrected chi connectivity index (χ2v) is 7.97. The lowest BCUT2D eigenvalue weighted by Gasteiger charge is -2.24. The van der Waals surface area contributed by atoms with Crippen LogP contribution in [-0.2, 0) is 4.74 Å². The molecular weight excluding hydrogens is 463 g/mol. The monoisotopic (exact) mass is 480 g/mol. The molecule has 0 bridgehead atoms. The summed E-state index contributed by atoms with van der Waals surface area (Å²) in [5.41, 5.74) is 3.08. The molecule has 5 rings (SSSR count). The maximum absolute atomic E-state index is 14.5. The van der Waals surface area contributed by atoms with E-state index in [0.717, 1.165) is 28.8 Å². The number of fused-ring (bicyclic) bond motifs is 1. The highest BCUT2D eigenvalue weighted by Crippen LogP contribution is 2.29. The SMILES string of the molecule is Fc1ccc(Br)cc1-c1nc(Nc2ccc(C3CNCCO3)cc2)c2nccnc2n1. The molecule has 31 heavy (non-hydrogen) atoms. The fraction of sp³-hybridized carbons (Fsp3) is 0.182. The van der Waals surface area contributed by atoms with Crippen LogP contribution in [0.1, 0.15) is 11.7 Å². The second kappa shape index (κ2) is 8.62. The average Bonchev–Trinajstić information content (AvgIpc) is 2.81. The topological polar surface area (TPSA) is 84.9 Å². The zero-order valence-electron chi connectivity index (χ0n) is 16.3. The first kappa shape index (κ1) is 19.9. The normalized spacial score (nSPS) is 16.4. The van der Waals surface area contributed by atoms with Crippen molar-refractivity contribution in [3.05, 3.63) is 70.7 Å². The van der Waals surface area contributed by atoms with Gasteiger partial charge in [-0.1, -0.05) is 28.1 Å². The van der Waals surface area contributed by atoms with Gasteiger partial charge in [0.25, 0.3) is 0 Å². The molecule has 0 aliphatic carbocycles. The third kappa shape index (κ3) is 4.25. The Hall–Kier alpha value is -3.01.